The molecule has 0 saturated heterocycles. The number of carbonyl (C=O) groups is 1. The Kier molecular flexibility index (Phi) is 3.78. The van der Waals surface area contributed by atoms with Crippen LogP contribution in [0.3, 0.4) is 0 Å². The molecule has 0 aliphatic heterocycles. The summed E-state index contributed by atoms with van der Waals surface area (Å²) >= 11 is 0. The van der Waals surface area contributed by atoms with Gasteiger partial charge in [-0.2, -0.15) is 0 Å². The van der Waals surface area contributed by atoms with Gasteiger partial charge in [0.25, 0.3) is 17.2 Å². The Morgan fingerprint density at radius 1 is 1.21 bits per heavy atom. The van der Waals surface area contributed by atoms with Crippen LogP contribution in [0.2, 0.25) is 0 Å². The second-order valence-corrected chi connectivity index (χ2v) is 5.03. The van der Waals surface area contributed by atoms with Gasteiger partial charge in [-0.05, 0) is 25.1 Å². The van der Waals surface area contributed by atoms with Crippen LogP contribution >= 0.6 is 0 Å². The van der Waals surface area contributed by atoms with Crippen LogP contribution in [-0.4, -0.2) is 20.2 Å². The maximum absolute atomic E-state index is 12.5. The molecular formula is C16H12N4O4. The van der Waals surface area contributed by atoms with Gasteiger partial charge in [-0.15, -0.1) is 0 Å². The number of rotatable bonds is 3. The van der Waals surface area contributed by atoms with Crippen molar-refractivity contribution in [2.75, 3.05) is 5.32 Å². The minimum absolute atomic E-state index is 0.0122. The summed E-state index contributed by atoms with van der Waals surface area (Å²) in [6.07, 6.45) is 1.53. The maximum Gasteiger partial charge on any atom is 0.282 e. The van der Waals surface area contributed by atoms with Crippen molar-refractivity contribution in [2.24, 2.45) is 0 Å². The van der Waals surface area contributed by atoms with Crippen molar-refractivity contribution >= 4 is 22.9 Å². The van der Waals surface area contributed by atoms with Crippen LogP contribution < -0.4 is 10.9 Å². The number of para-hydroxylation sites is 1. The summed E-state index contributed by atoms with van der Waals surface area (Å²) in [4.78, 5) is 39.5. The summed E-state index contributed by atoms with van der Waals surface area (Å²) in [5.41, 5.74) is -0.144. The summed E-state index contributed by atoms with van der Waals surface area (Å²) in [5, 5.41) is 13.5. The zero-order valence-corrected chi connectivity index (χ0v) is 12.6. The van der Waals surface area contributed by atoms with Gasteiger partial charge in [0, 0.05) is 12.3 Å². The fourth-order valence-corrected chi connectivity index (χ4v) is 2.35. The minimum Gasteiger partial charge on any atom is -0.316 e. The quantitative estimate of drug-likeness (QED) is 0.587. The van der Waals surface area contributed by atoms with Crippen molar-refractivity contribution in [3.63, 3.8) is 0 Å². The van der Waals surface area contributed by atoms with Crippen LogP contribution in [0, 0.1) is 17.0 Å². The molecule has 2 aromatic heterocycles. The highest BCUT2D eigenvalue weighted by Gasteiger charge is 2.21. The van der Waals surface area contributed by atoms with Gasteiger partial charge in [-0.3, -0.25) is 24.1 Å². The predicted molar refractivity (Wildman–Crippen MR) is 87.2 cm³/mol. The fourth-order valence-electron chi connectivity index (χ4n) is 2.35. The Hall–Kier alpha value is -3.55. The molecule has 120 valence electrons. The first kappa shape index (κ1) is 15.3. The molecule has 1 aromatic carbocycles. The van der Waals surface area contributed by atoms with Crippen LogP contribution in [-0.2, 0) is 0 Å². The first-order valence-corrected chi connectivity index (χ1v) is 7.02. The monoisotopic (exact) mass is 324 g/mol. The van der Waals surface area contributed by atoms with Gasteiger partial charge in [0.1, 0.15) is 16.9 Å². The average Bonchev–Trinajstić information content (AvgIpc) is 2.58. The Bertz CT molecular complexity index is 1030. The molecule has 0 radical (unpaired) electrons. The fraction of sp³-hybridized carbons (Fsp3) is 0.0625. The minimum atomic E-state index is -0.736. The molecule has 0 bridgehead atoms. The Balaban J connectivity index is 2.06. The molecule has 1 N–H and O–H groups in total. The van der Waals surface area contributed by atoms with Crippen molar-refractivity contribution in [2.45, 2.75) is 6.92 Å². The molecule has 0 aliphatic rings. The number of carbonyl (C=O) groups excluding carboxylic acids is 1. The number of nitrogens with one attached hydrogen (secondary N) is 1. The van der Waals surface area contributed by atoms with Crippen molar-refractivity contribution in [1.82, 2.24) is 9.38 Å². The van der Waals surface area contributed by atoms with E-state index in [1.54, 1.807) is 25.1 Å². The lowest BCUT2D eigenvalue weighted by Gasteiger charge is -2.09. The maximum atomic E-state index is 12.5. The highest BCUT2D eigenvalue weighted by atomic mass is 16.6. The van der Waals surface area contributed by atoms with Crippen LogP contribution in [0.1, 0.15) is 16.1 Å². The number of benzene rings is 1. The van der Waals surface area contributed by atoms with Crippen molar-refractivity contribution in [3.8, 4) is 0 Å². The van der Waals surface area contributed by atoms with Crippen LogP contribution in [0.5, 0.6) is 0 Å². The molecule has 3 aromatic rings. The summed E-state index contributed by atoms with van der Waals surface area (Å²) in [6.45, 7) is 1.59. The standard InChI is InChI=1S/C16H12N4O4/c1-10-14(16(22)19-9-5-4-8-13(19)17-10)18-15(21)11-6-2-3-7-12(11)20(23)24/h2-9H,1H3,(H,18,21). The molecule has 1 amide bonds. The van der Waals surface area contributed by atoms with Gasteiger partial charge < -0.3 is 5.32 Å². The molecule has 8 heteroatoms. The number of fused-ring (bicyclic) bond motifs is 1. The largest absolute Gasteiger partial charge is 0.316 e. The predicted octanol–water partition coefficient (Wildman–Crippen LogP) is 2.16. The van der Waals surface area contributed by atoms with E-state index in [1.165, 1.54) is 34.9 Å². The number of amides is 1. The number of hydrogen-bond acceptors (Lipinski definition) is 5. The molecule has 2 heterocycles. The molecule has 0 fully saturated rings. The molecule has 8 nitrogen and oxygen atoms in total. The van der Waals surface area contributed by atoms with Crippen molar-refractivity contribution in [1.29, 1.82) is 0 Å². The molecule has 0 atom stereocenters. The Morgan fingerprint density at radius 2 is 1.92 bits per heavy atom. The zero-order chi connectivity index (χ0) is 17.3. The molecule has 0 unspecified atom stereocenters. The number of aryl methyl sites for hydroxylation is 1. The number of nitro groups is 1. The second-order valence-electron chi connectivity index (χ2n) is 5.03. The first-order chi connectivity index (χ1) is 11.5. The number of anilines is 1. The summed E-state index contributed by atoms with van der Waals surface area (Å²) in [6, 6.07) is 10.6. The third-order valence-electron chi connectivity index (χ3n) is 3.50. The lowest BCUT2D eigenvalue weighted by atomic mass is 10.1. The first-order valence-electron chi connectivity index (χ1n) is 7.02. The molecule has 0 aliphatic carbocycles. The number of nitrogens with zero attached hydrogens (tertiary/aromatic N) is 3. The lowest BCUT2D eigenvalue weighted by Crippen LogP contribution is -2.25. The zero-order valence-electron chi connectivity index (χ0n) is 12.6. The van der Waals surface area contributed by atoms with E-state index in [1.807, 2.05) is 0 Å². The third kappa shape index (κ3) is 2.60. The van der Waals surface area contributed by atoms with Gasteiger partial charge in [0.15, 0.2) is 0 Å². The van der Waals surface area contributed by atoms with E-state index in [9.17, 15) is 19.7 Å². The molecule has 3 rings (SSSR count). The normalized spacial score (nSPS) is 10.5. The van der Waals surface area contributed by atoms with Crippen LogP contribution in [0.25, 0.3) is 5.65 Å². The number of hydrogen-bond donors (Lipinski definition) is 1. The highest BCUT2D eigenvalue weighted by Crippen LogP contribution is 2.19. The van der Waals surface area contributed by atoms with E-state index in [-0.39, 0.29) is 16.9 Å². The molecule has 0 spiro atoms. The van der Waals surface area contributed by atoms with E-state index >= 15 is 0 Å². The SMILES string of the molecule is Cc1nc2ccccn2c(=O)c1NC(=O)c1ccccc1[N+](=O)[O-]. The van der Waals surface area contributed by atoms with Crippen LogP contribution in [0.4, 0.5) is 11.4 Å². The van der Waals surface area contributed by atoms with Crippen molar-refractivity contribution < 1.29 is 9.72 Å². The van der Waals surface area contributed by atoms with E-state index in [2.05, 4.69) is 10.3 Å². The Labute approximate surface area is 135 Å². The third-order valence-corrected chi connectivity index (χ3v) is 3.50. The summed E-state index contributed by atoms with van der Waals surface area (Å²) in [5.74, 6) is -0.736. The van der Waals surface area contributed by atoms with E-state index in [0.29, 0.717) is 11.3 Å². The summed E-state index contributed by atoms with van der Waals surface area (Å²) in [7, 11) is 0. The smallest absolute Gasteiger partial charge is 0.282 e. The molecular weight excluding hydrogens is 312 g/mol. The number of nitro benzene ring substituents is 1. The number of pyridine rings is 1. The van der Waals surface area contributed by atoms with Gasteiger partial charge >= 0.3 is 0 Å². The second kappa shape index (κ2) is 5.92. The van der Waals surface area contributed by atoms with Gasteiger partial charge in [0.2, 0.25) is 0 Å². The topological polar surface area (TPSA) is 107 Å². The average molecular weight is 324 g/mol. The van der Waals surface area contributed by atoms with E-state index in [4.69, 9.17) is 0 Å². The van der Waals surface area contributed by atoms with Crippen LogP contribution in [0.15, 0.2) is 53.5 Å². The van der Waals surface area contributed by atoms with Crippen molar-refractivity contribution in [3.05, 3.63) is 80.4 Å². The van der Waals surface area contributed by atoms with E-state index in [0.717, 1.165) is 0 Å². The molecule has 24 heavy (non-hydrogen) atoms. The van der Waals surface area contributed by atoms with E-state index < -0.39 is 16.4 Å². The summed E-state index contributed by atoms with van der Waals surface area (Å²) < 4.78 is 1.29. The Morgan fingerprint density at radius 3 is 2.67 bits per heavy atom. The van der Waals surface area contributed by atoms with Gasteiger partial charge in [-0.25, -0.2) is 4.98 Å². The van der Waals surface area contributed by atoms with Gasteiger partial charge in [0.05, 0.1) is 10.6 Å². The number of aromatic nitrogens is 2. The lowest BCUT2D eigenvalue weighted by molar-refractivity contribution is -0.385. The van der Waals surface area contributed by atoms with Gasteiger partial charge in [-0.1, -0.05) is 18.2 Å². The highest BCUT2D eigenvalue weighted by molar-refractivity contribution is 6.07. The molecule has 0 saturated carbocycles.